The number of hydrogen-bond donors (Lipinski definition) is 3. The lowest BCUT2D eigenvalue weighted by Gasteiger charge is -2.27. The molecular weight excluding hydrogens is 545 g/mol. The standard InChI is InChI=1S/C25H34F5N5O3S/c1-6-17(25(28,29)30)34-18-10-15(21(26)27)16(11-31-18)20(39)19(23(37)35-9-7-8-13(35)2)33-14(3)22(36)32-12-24(4,5)38/h10-11,13,17,19,21,38H,6-9,12H2,1-5H3,(H,31,34)(H,32,36)/t13-,17-,19?/m0/s1. The van der Waals surface area contributed by atoms with Gasteiger partial charge in [0.15, 0.2) is 6.04 Å². The summed E-state index contributed by atoms with van der Waals surface area (Å²) < 4.78 is 67.8. The van der Waals surface area contributed by atoms with Crippen molar-refractivity contribution in [3.63, 3.8) is 0 Å². The van der Waals surface area contributed by atoms with Crippen molar-refractivity contribution in [1.82, 2.24) is 15.2 Å². The molecule has 2 amide bonds. The molecule has 0 radical (unpaired) electrons. The first-order chi connectivity index (χ1) is 18.0. The Hall–Kier alpha value is -2.74. The van der Waals surface area contributed by atoms with E-state index in [2.05, 4.69) is 20.6 Å². The molecule has 39 heavy (non-hydrogen) atoms. The zero-order valence-corrected chi connectivity index (χ0v) is 23.2. The quantitative estimate of drug-likeness (QED) is 0.157. The van der Waals surface area contributed by atoms with Crippen molar-refractivity contribution < 1.29 is 36.6 Å². The highest BCUT2D eigenvalue weighted by Crippen LogP contribution is 2.30. The maximum absolute atomic E-state index is 14.1. The number of carbonyl (C=O) groups excluding carboxylic acids is 2. The zero-order chi connectivity index (χ0) is 29.7. The van der Waals surface area contributed by atoms with Gasteiger partial charge in [0, 0.05) is 36.5 Å². The van der Waals surface area contributed by atoms with Crippen LogP contribution in [0.5, 0.6) is 0 Å². The van der Waals surface area contributed by atoms with Gasteiger partial charge in [-0.3, -0.25) is 14.6 Å². The number of halogens is 5. The molecule has 1 fully saturated rings. The van der Waals surface area contributed by atoms with Crippen molar-refractivity contribution in [2.75, 3.05) is 18.4 Å². The minimum absolute atomic E-state index is 0.116. The number of carbonyl (C=O) groups is 2. The van der Waals surface area contributed by atoms with Gasteiger partial charge < -0.3 is 20.6 Å². The molecule has 0 saturated carbocycles. The van der Waals surface area contributed by atoms with Gasteiger partial charge in [-0.15, -0.1) is 0 Å². The summed E-state index contributed by atoms with van der Waals surface area (Å²) in [4.78, 5) is 35.3. The highest BCUT2D eigenvalue weighted by molar-refractivity contribution is 7.81. The third-order valence-corrected chi connectivity index (χ3v) is 6.66. The number of thiocarbonyl (C=S) groups is 1. The molecule has 1 aliphatic heterocycles. The lowest BCUT2D eigenvalue weighted by atomic mass is 10.0. The molecule has 3 atom stereocenters. The third-order valence-electron chi connectivity index (χ3n) is 6.21. The Bertz CT molecular complexity index is 1090. The number of aliphatic imine (C=N–C) groups is 1. The lowest BCUT2D eigenvalue weighted by Crippen LogP contribution is -2.45. The highest BCUT2D eigenvalue weighted by Gasteiger charge is 2.39. The van der Waals surface area contributed by atoms with Crippen molar-refractivity contribution >= 4 is 40.4 Å². The second-order valence-electron chi connectivity index (χ2n) is 10.1. The van der Waals surface area contributed by atoms with E-state index in [0.717, 1.165) is 12.3 Å². The van der Waals surface area contributed by atoms with Crippen LogP contribution in [0.2, 0.25) is 0 Å². The second-order valence-corrected chi connectivity index (χ2v) is 10.5. The molecule has 14 heteroatoms. The molecule has 1 aromatic rings. The van der Waals surface area contributed by atoms with E-state index in [1.807, 2.05) is 6.92 Å². The van der Waals surface area contributed by atoms with Crippen molar-refractivity contribution in [2.45, 2.75) is 90.2 Å². The van der Waals surface area contributed by atoms with Gasteiger partial charge in [0.1, 0.15) is 11.9 Å². The number of nitrogens with one attached hydrogen (secondary N) is 2. The number of rotatable bonds is 11. The molecule has 1 unspecified atom stereocenters. The fourth-order valence-electron chi connectivity index (χ4n) is 4.00. The number of anilines is 1. The molecule has 218 valence electrons. The molecule has 3 N–H and O–H groups in total. The Balaban J connectivity index is 2.49. The third kappa shape index (κ3) is 8.88. The van der Waals surface area contributed by atoms with Gasteiger partial charge in [-0.25, -0.2) is 13.8 Å². The number of aliphatic hydroxyl groups is 1. The van der Waals surface area contributed by atoms with Crippen LogP contribution < -0.4 is 10.6 Å². The maximum atomic E-state index is 14.1. The summed E-state index contributed by atoms with van der Waals surface area (Å²) in [6, 6.07) is -2.94. The molecule has 1 aromatic heterocycles. The zero-order valence-electron chi connectivity index (χ0n) is 22.4. The summed E-state index contributed by atoms with van der Waals surface area (Å²) in [5.41, 5.74) is -2.44. The molecule has 0 aliphatic carbocycles. The summed E-state index contributed by atoms with van der Waals surface area (Å²) in [5, 5.41) is 14.5. The minimum Gasteiger partial charge on any atom is -0.389 e. The van der Waals surface area contributed by atoms with Gasteiger partial charge in [0.2, 0.25) is 0 Å². The summed E-state index contributed by atoms with van der Waals surface area (Å²) in [5.74, 6) is -1.72. The molecule has 0 bridgehead atoms. The van der Waals surface area contributed by atoms with E-state index in [0.29, 0.717) is 19.4 Å². The number of amides is 2. The van der Waals surface area contributed by atoms with Crippen LogP contribution in [-0.2, 0) is 9.59 Å². The van der Waals surface area contributed by atoms with Gasteiger partial charge in [-0.2, -0.15) is 13.2 Å². The molecule has 2 rings (SSSR count). The molecule has 0 spiro atoms. The van der Waals surface area contributed by atoms with Gasteiger partial charge in [-0.05, 0) is 53.0 Å². The van der Waals surface area contributed by atoms with Gasteiger partial charge in [0.25, 0.3) is 18.2 Å². The van der Waals surface area contributed by atoms with E-state index in [1.165, 1.54) is 32.6 Å². The molecule has 8 nitrogen and oxygen atoms in total. The summed E-state index contributed by atoms with van der Waals surface area (Å²) in [6.07, 6.45) is -5.83. The number of hydrogen-bond acceptors (Lipinski definition) is 7. The SMILES string of the molecule is CC[C@H](Nc1cc(C(F)F)c(C(=S)C(N=C(C)C(=O)NCC(C)(C)O)C(=O)N2CCC[C@@H]2C)cn1)C(F)(F)F. The molecule has 0 aromatic carbocycles. The predicted octanol–water partition coefficient (Wildman–Crippen LogP) is 4.22. The van der Waals surface area contributed by atoms with E-state index >= 15 is 0 Å². The number of pyridine rings is 1. The lowest BCUT2D eigenvalue weighted by molar-refractivity contribution is -0.143. The van der Waals surface area contributed by atoms with Crippen molar-refractivity contribution in [3.05, 3.63) is 23.4 Å². The number of alkyl halides is 5. The fourth-order valence-corrected chi connectivity index (χ4v) is 4.32. The van der Waals surface area contributed by atoms with E-state index in [9.17, 15) is 36.6 Å². The van der Waals surface area contributed by atoms with Crippen molar-refractivity contribution in [1.29, 1.82) is 0 Å². The first-order valence-electron chi connectivity index (χ1n) is 12.5. The van der Waals surface area contributed by atoms with Crippen LogP contribution in [0.25, 0.3) is 0 Å². The Morgan fingerprint density at radius 1 is 1.31 bits per heavy atom. The smallest absolute Gasteiger partial charge is 0.389 e. The Kier molecular flexibility index (Phi) is 10.9. The van der Waals surface area contributed by atoms with E-state index in [1.54, 1.807) is 0 Å². The van der Waals surface area contributed by atoms with Crippen LogP contribution >= 0.6 is 12.2 Å². The van der Waals surface area contributed by atoms with Crippen molar-refractivity contribution in [2.24, 2.45) is 4.99 Å². The highest BCUT2D eigenvalue weighted by atomic mass is 32.1. The number of aromatic nitrogens is 1. The van der Waals surface area contributed by atoms with Crippen LogP contribution in [0.1, 0.15) is 71.4 Å². The van der Waals surface area contributed by atoms with Crippen LogP contribution in [0, 0.1) is 0 Å². The topological polar surface area (TPSA) is 107 Å². The van der Waals surface area contributed by atoms with E-state index in [-0.39, 0.29) is 35.1 Å². The first-order valence-corrected chi connectivity index (χ1v) is 12.9. The van der Waals surface area contributed by atoms with Crippen LogP contribution in [0.15, 0.2) is 17.3 Å². The predicted molar refractivity (Wildman–Crippen MR) is 141 cm³/mol. The van der Waals surface area contributed by atoms with Crippen LogP contribution in [0.3, 0.4) is 0 Å². The van der Waals surface area contributed by atoms with Crippen LogP contribution in [-0.4, -0.2) is 80.4 Å². The monoisotopic (exact) mass is 579 g/mol. The molecular formula is C25H34F5N5O3S. The van der Waals surface area contributed by atoms with E-state index < -0.39 is 53.5 Å². The second kappa shape index (κ2) is 13.1. The maximum Gasteiger partial charge on any atom is 0.408 e. The van der Waals surface area contributed by atoms with E-state index in [4.69, 9.17) is 12.2 Å². The molecule has 1 saturated heterocycles. The minimum atomic E-state index is -4.63. The summed E-state index contributed by atoms with van der Waals surface area (Å²) >= 11 is 5.44. The number of nitrogens with zero attached hydrogens (tertiary/aromatic N) is 3. The van der Waals surface area contributed by atoms with Gasteiger partial charge in [-0.1, -0.05) is 19.1 Å². The van der Waals surface area contributed by atoms with Crippen LogP contribution in [0.4, 0.5) is 27.8 Å². The Labute approximate surface area is 229 Å². The molecule has 1 aliphatic rings. The first kappa shape index (κ1) is 32.5. The van der Waals surface area contributed by atoms with Crippen molar-refractivity contribution in [3.8, 4) is 0 Å². The Morgan fingerprint density at radius 2 is 1.95 bits per heavy atom. The Morgan fingerprint density at radius 3 is 2.44 bits per heavy atom. The largest absolute Gasteiger partial charge is 0.408 e. The average Bonchev–Trinajstić information content (AvgIpc) is 3.27. The molecule has 2 heterocycles. The fraction of sp³-hybridized carbons (Fsp3) is 0.640. The van der Waals surface area contributed by atoms with Gasteiger partial charge in [0.05, 0.1) is 16.2 Å². The normalized spacial score (nSPS) is 18.2. The number of likely N-dealkylation sites (tertiary alicyclic amines) is 1. The average molecular weight is 580 g/mol. The summed E-state index contributed by atoms with van der Waals surface area (Å²) in [7, 11) is 0. The summed E-state index contributed by atoms with van der Waals surface area (Å²) in [6.45, 7) is 7.64. The van der Waals surface area contributed by atoms with Gasteiger partial charge >= 0.3 is 6.18 Å².